The van der Waals surface area contributed by atoms with Gasteiger partial charge in [0, 0.05) is 10.3 Å². The standard InChI is InChI=1S/C16H20OS/c1-15(2)10-13(14(17)16(3,4)11-15)18-12-8-6-5-7-9-12/h5-10H,11H2,1-4H3. The van der Waals surface area contributed by atoms with Crippen LogP contribution in [-0.4, -0.2) is 5.78 Å². The zero-order valence-corrected chi connectivity index (χ0v) is 12.3. The molecule has 0 unspecified atom stereocenters. The van der Waals surface area contributed by atoms with Crippen molar-refractivity contribution >= 4 is 17.5 Å². The molecule has 0 bridgehead atoms. The SMILES string of the molecule is CC1(C)C=C(Sc2ccccc2)C(=O)C(C)(C)C1. The molecular formula is C16H20OS. The van der Waals surface area contributed by atoms with E-state index in [4.69, 9.17) is 0 Å². The van der Waals surface area contributed by atoms with Gasteiger partial charge in [-0.3, -0.25) is 4.79 Å². The Morgan fingerprint density at radius 2 is 1.67 bits per heavy atom. The highest BCUT2D eigenvalue weighted by molar-refractivity contribution is 8.04. The minimum absolute atomic E-state index is 0.0918. The Hall–Kier alpha value is -1.02. The summed E-state index contributed by atoms with van der Waals surface area (Å²) in [6.07, 6.45) is 3.05. The molecule has 1 aromatic rings. The molecule has 0 radical (unpaired) electrons. The van der Waals surface area contributed by atoms with Gasteiger partial charge < -0.3 is 0 Å². The van der Waals surface area contributed by atoms with E-state index in [0.29, 0.717) is 0 Å². The van der Waals surface area contributed by atoms with Crippen molar-refractivity contribution in [1.82, 2.24) is 0 Å². The van der Waals surface area contributed by atoms with Crippen molar-refractivity contribution in [2.75, 3.05) is 0 Å². The fourth-order valence-electron chi connectivity index (χ4n) is 2.72. The van der Waals surface area contributed by atoms with Crippen molar-refractivity contribution in [3.63, 3.8) is 0 Å². The van der Waals surface area contributed by atoms with Gasteiger partial charge in [0.15, 0.2) is 5.78 Å². The maximum absolute atomic E-state index is 12.5. The number of thioether (sulfide) groups is 1. The van der Waals surface area contributed by atoms with Crippen LogP contribution < -0.4 is 0 Å². The van der Waals surface area contributed by atoms with Crippen LogP contribution >= 0.6 is 11.8 Å². The van der Waals surface area contributed by atoms with E-state index in [2.05, 4.69) is 33.8 Å². The summed E-state index contributed by atoms with van der Waals surface area (Å²) < 4.78 is 0. The fourth-order valence-corrected chi connectivity index (χ4v) is 4.01. The first-order valence-corrected chi connectivity index (χ1v) is 7.12. The van der Waals surface area contributed by atoms with E-state index in [0.717, 1.165) is 16.2 Å². The van der Waals surface area contributed by atoms with Crippen LogP contribution in [-0.2, 0) is 4.79 Å². The monoisotopic (exact) mass is 260 g/mol. The zero-order valence-electron chi connectivity index (χ0n) is 11.5. The van der Waals surface area contributed by atoms with Gasteiger partial charge in [0.25, 0.3) is 0 Å². The topological polar surface area (TPSA) is 17.1 Å². The van der Waals surface area contributed by atoms with E-state index in [-0.39, 0.29) is 16.6 Å². The van der Waals surface area contributed by atoms with Crippen LogP contribution in [0.15, 0.2) is 46.2 Å². The van der Waals surface area contributed by atoms with Crippen LogP contribution in [0.1, 0.15) is 34.1 Å². The van der Waals surface area contributed by atoms with Gasteiger partial charge in [0.05, 0.1) is 4.91 Å². The predicted octanol–water partition coefficient (Wildman–Crippen LogP) is 4.69. The average Bonchev–Trinajstić information content (AvgIpc) is 2.25. The molecule has 1 aromatic carbocycles. The number of carbonyl (C=O) groups is 1. The van der Waals surface area contributed by atoms with Crippen LogP contribution in [0.25, 0.3) is 0 Å². The molecule has 0 fully saturated rings. The van der Waals surface area contributed by atoms with Crippen LogP contribution in [0.5, 0.6) is 0 Å². The molecule has 96 valence electrons. The highest BCUT2D eigenvalue weighted by Crippen LogP contribution is 2.46. The molecule has 1 nitrogen and oxygen atoms in total. The van der Waals surface area contributed by atoms with Crippen molar-refractivity contribution in [2.45, 2.75) is 39.0 Å². The van der Waals surface area contributed by atoms with Crippen LogP contribution in [0.4, 0.5) is 0 Å². The van der Waals surface area contributed by atoms with Crippen molar-refractivity contribution in [3.05, 3.63) is 41.3 Å². The molecule has 0 N–H and O–H groups in total. The lowest BCUT2D eigenvalue weighted by atomic mass is 9.68. The van der Waals surface area contributed by atoms with Crippen LogP contribution in [0.2, 0.25) is 0 Å². The van der Waals surface area contributed by atoms with Crippen molar-refractivity contribution in [3.8, 4) is 0 Å². The Bertz CT molecular complexity index is 483. The first-order valence-electron chi connectivity index (χ1n) is 6.31. The summed E-state index contributed by atoms with van der Waals surface area (Å²) in [7, 11) is 0. The minimum Gasteiger partial charge on any atom is -0.293 e. The number of rotatable bonds is 2. The van der Waals surface area contributed by atoms with Crippen molar-refractivity contribution in [1.29, 1.82) is 0 Å². The number of hydrogen-bond donors (Lipinski definition) is 0. The lowest BCUT2D eigenvalue weighted by molar-refractivity contribution is -0.124. The first-order chi connectivity index (χ1) is 8.30. The number of carbonyl (C=O) groups excluding carboxylic acids is 1. The summed E-state index contributed by atoms with van der Waals surface area (Å²) >= 11 is 1.59. The van der Waals surface area contributed by atoms with E-state index in [1.807, 2.05) is 30.3 Å². The normalized spacial score (nSPS) is 21.6. The average molecular weight is 260 g/mol. The van der Waals surface area contributed by atoms with Gasteiger partial charge >= 0.3 is 0 Å². The largest absolute Gasteiger partial charge is 0.293 e. The number of hydrogen-bond acceptors (Lipinski definition) is 2. The lowest BCUT2D eigenvalue weighted by Gasteiger charge is -2.37. The maximum atomic E-state index is 12.5. The number of ketones is 1. The summed E-state index contributed by atoms with van der Waals surface area (Å²) in [6.45, 7) is 8.50. The van der Waals surface area contributed by atoms with Crippen molar-refractivity contribution in [2.24, 2.45) is 10.8 Å². The molecule has 0 aliphatic heterocycles. The molecule has 0 saturated heterocycles. The summed E-state index contributed by atoms with van der Waals surface area (Å²) in [5.74, 6) is 0.274. The first kappa shape index (κ1) is 13.4. The second-order valence-electron chi connectivity index (χ2n) is 6.30. The third-order valence-corrected chi connectivity index (χ3v) is 4.26. The van der Waals surface area contributed by atoms with Crippen LogP contribution in [0.3, 0.4) is 0 Å². The van der Waals surface area contributed by atoms with Gasteiger partial charge in [-0.25, -0.2) is 0 Å². The molecule has 1 aliphatic rings. The van der Waals surface area contributed by atoms with Gasteiger partial charge in [-0.15, -0.1) is 0 Å². The highest BCUT2D eigenvalue weighted by atomic mass is 32.2. The minimum atomic E-state index is -0.255. The quantitative estimate of drug-likeness (QED) is 0.767. The summed E-state index contributed by atoms with van der Waals surface area (Å²) in [5, 5.41) is 0. The molecule has 0 amide bonds. The van der Waals surface area contributed by atoms with Gasteiger partial charge in [-0.05, 0) is 24.0 Å². The maximum Gasteiger partial charge on any atom is 0.174 e. The molecule has 1 aliphatic carbocycles. The van der Waals surface area contributed by atoms with Crippen molar-refractivity contribution < 1.29 is 4.79 Å². The Labute approximate surface area is 114 Å². The van der Waals surface area contributed by atoms with Gasteiger partial charge in [-0.2, -0.15) is 0 Å². The molecule has 0 heterocycles. The number of benzene rings is 1. The van der Waals surface area contributed by atoms with Gasteiger partial charge in [0.2, 0.25) is 0 Å². The van der Waals surface area contributed by atoms with E-state index >= 15 is 0 Å². The molecular weight excluding hydrogens is 240 g/mol. The Balaban J connectivity index is 2.31. The predicted molar refractivity (Wildman–Crippen MR) is 77.6 cm³/mol. The zero-order chi connectivity index (χ0) is 13.4. The second-order valence-corrected chi connectivity index (χ2v) is 7.42. The summed E-state index contributed by atoms with van der Waals surface area (Å²) in [6, 6.07) is 10.1. The molecule has 0 saturated carbocycles. The Morgan fingerprint density at radius 3 is 2.28 bits per heavy atom. The third kappa shape index (κ3) is 2.86. The van der Waals surface area contributed by atoms with E-state index in [9.17, 15) is 4.79 Å². The fraction of sp³-hybridized carbons (Fsp3) is 0.438. The van der Waals surface area contributed by atoms with E-state index in [1.54, 1.807) is 11.8 Å². The van der Waals surface area contributed by atoms with E-state index < -0.39 is 0 Å². The van der Waals surface area contributed by atoms with E-state index in [1.165, 1.54) is 0 Å². The molecule has 18 heavy (non-hydrogen) atoms. The van der Waals surface area contributed by atoms with Gasteiger partial charge in [-0.1, -0.05) is 63.7 Å². The molecule has 2 heteroatoms. The molecule has 2 rings (SSSR count). The molecule has 0 aromatic heterocycles. The molecule has 0 atom stereocenters. The smallest absolute Gasteiger partial charge is 0.174 e. The molecule has 0 spiro atoms. The second kappa shape index (κ2) is 4.58. The summed E-state index contributed by atoms with van der Waals surface area (Å²) in [4.78, 5) is 14.5. The number of allylic oxidation sites excluding steroid dienone is 2. The highest BCUT2D eigenvalue weighted by Gasteiger charge is 2.40. The Morgan fingerprint density at radius 1 is 1.06 bits per heavy atom. The van der Waals surface area contributed by atoms with Crippen LogP contribution in [0, 0.1) is 10.8 Å². The Kier molecular flexibility index (Phi) is 3.41. The summed E-state index contributed by atoms with van der Waals surface area (Å²) in [5.41, 5.74) is -0.163. The lowest BCUT2D eigenvalue weighted by Crippen LogP contribution is -2.35. The third-order valence-electron chi connectivity index (χ3n) is 3.23. The van der Waals surface area contributed by atoms with Gasteiger partial charge in [0.1, 0.15) is 0 Å². The number of Topliss-reactive ketones (excluding diaryl/α,β-unsaturated/α-hetero) is 1.